The molecule has 1 heterocycles. The van der Waals surface area contributed by atoms with Gasteiger partial charge in [-0.25, -0.2) is 0 Å². The maximum absolute atomic E-state index is 5.37. The van der Waals surface area contributed by atoms with Gasteiger partial charge < -0.3 is 19.0 Å². The Morgan fingerprint density at radius 3 is 2.28 bits per heavy atom. The average Bonchev–Trinajstić information content (AvgIpc) is 2.80. The second-order valence-corrected chi connectivity index (χ2v) is 6.94. The minimum Gasteiger partial charge on any atom is -0.377 e. The summed E-state index contributed by atoms with van der Waals surface area (Å²) in [7, 11) is 2.47. The predicted octanol–water partition coefficient (Wildman–Crippen LogP) is 0.304. The minimum absolute atomic E-state index is 0.208. The van der Waals surface area contributed by atoms with Crippen molar-refractivity contribution in [1.29, 1.82) is 0 Å². The normalized spacial score (nSPS) is 11.9. The Balaban J connectivity index is 2.18. The lowest BCUT2D eigenvalue weighted by atomic mass is 10.2. The molecule has 0 atom stereocenters. The van der Waals surface area contributed by atoms with E-state index in [1.807, 2.05) is 0 Å². The largest absolute Gasteiger partial charge is 0.500 e. The van der Waals surface area contributed by atoms with Crippen molar-refractivity contribution >= 4 is 14.8 Å². The summed E-state index contributed by atoms with van der Waals surface area (Å²) in [6, 6.07) is 0.809. The first-order chi connectivity index (χ1) is 8.65. The zero-order chi connectivity index (χ0) is 13.4. The molecule has 0 saturated carbocycles. The van der Waals surface area contributed by atoms with Crippen molar-refractivity contribution in [3.63, 3.8) is 0 Å². The Labute approximate surface area is 108 Å². The lowest BCUT2D eigenvalue weighted by Gasteiger charge is -2.24. The number of unbranched alkanes of at least 4 members (excludes halogenated alkanes) is 2. The minimum atomic E-state index is -2.41. The predicted molar refractivity (Wildman–Crippen MR) is 67.7 cm³/mol. The molecule has 2 N–H and O–H groups in total. The number of nitrogens with two attached hydrogens (primary N) is 1. The van der Waals surface area contributed by atoms with Crippen LogP contribution in [0.5, 0.6) is 0 Å². The number of nitrogens with zero attached hydrogens (tertiary/aromatic N) is 4. The number of hydrogen-bond donors (Lipinski definition) is 1. The molecular weight excluding hydrogens is 254 g/mol. The molecule has 0 spiro atoms. The molecule has 0 bridgehead atoms. The molecule has 18 heavy (non-hydrogen) atoms. The van der Waals surface area contributed by atoms with E-state index in [0.29, 0.717) is 6.54 Å². The fraction of sp³-hybridized carbons (Fsp3) is 0.889. The highest BCUT2D eigenvalue weighted by atomic mass is 28.4. The number of hydrogen-bond acceptors (Lipinski definition) is 7. The van der Waals surface area contributed by atoms with Gasteiger partial charge in [0.2, 0.25) is 0 Å². The van der Waals surface area contributed by atoms with Crippen LogP contribution in [0.4, 0.5) is 5.95 Å². The van der Waals surface area contributed by atoms with Crippen molar-refractivity contribution in [3.05, 3.63) is 0 Å². The van der Waals surface area contributed by atoms with Crippen LogP contribution in [-0.2, 0) is 19.8 Å². The van der Waals surface area contributed by atoms with Crippen molar-refractivity contribution in [2.75, 3.05) is 27.1 Å². The van der Waals surface area contributed by atoms with Crippen LogP contribution < -0.4 is 5.73 Å². The van der Waals surface area contributed by atoms with E-state index in [4.69, 9.17) is 19.0 Å². The number of nitrogen functional groups attached to an aromatic ring is 1. The van der Waals surface area contributed by atoms with Gasteiger partial charge in [-0.05, 0) is 18.1 Å². The van der Waals surface area contributed by atoms with E-state index in [9.17, 15) is 0 Å². The standard InChI is InChI=1S/C9H21N5O3Si/c1-15-18(16-2,17-3)8-6-4-5-7-14-12-9(10)11-13-14/h4-8H2,1-3H3,(H2,10,12). The van der Waals surface area contributed by atoms with Crippen LogP contribution in [0.2, 0.25) is 6.04 Å². The summed E-state index contributed by atoms with van der Waals surface area (Å²) in [5.74, 6) is 0.208. The zero-order valence-electron chi connectivity index (χ0n) is 11.1. The Bertz CT molecular complexity index is 336. The summed E-state index contributed by atoms with van der Waals surface area (Å²) >= 11 is 0. The first-order valence-corrected chi connectivity index (χ1v) is 7.77. The van der Waals surface area contributed by atoms with Crippen LogP contribution in [0.3, 0.4) is 0 Å². The first kappa shape index (κ1) is 15.0. The van der Waals surface area contributed by atoms with E-state index in [2.05, 4.69) is 15.4 Å². The average molecular weight is 275 g/mol. The third kappa shape index (κ3) is 4.33. The van der Waals surface area contributed by atoms with Crippen molar-refractivity contribution < 1.29 is 13.3 Å². The molecule has 0 amide bonds. The molecule has 1 aromatic heterocycles. The van der Waals surface area contributed by atoms with E-state index in [1.165, 1.54) is 4.80 Å². The molecule has 8 nitrogen and oxygen atoms in total. The van der Waals surface area contributed by atoms with E-state index in [-0.39, 0.29) is 5.95 Å². The van der Waals surface area contributed by atoms with Gasteiger partial charge in [-0.1, -0.05) is 11.5 Å². The van der Waals surface area contributed by atoms with Gasteiger partial charge in [-0.3, -0.25) is 0 Å². The highest BCUT2D eigenvalue weighted by Gasteiger charge is 2.36. The van der Waals surface area contributed by atoms with E-state index < -0.39 is 8.80 Å². The zero-order valence-corrected chi connectivity index (χ0v) is 12.1. The van der Waals surface area contributed by atoms with Crippen molar-refractivity contribution in [2.45, 2.75) is 31.9 Å². The Morgan fingerprint density at radius 1 is 1.11 bits per heavy atom. The van der Waals surface area contributed by atoms with Gasteiger partial charge in [0.05, 0.1) is 6.54 Å². The fourth-order valence-electron chi connectivity index (χ4n) is 1.68. The second kappa shape index (κ2) is 7.41. The fourth-order valence-corrected chi connectivity index (χ4v) is 3.47. The molecule has 0 aliphatic rings. The molecule has 0 aromatic carbocycles. The van der Waals surface area contributed by atoms with Gasteiger partial charge in [0.1, 0.15) is 0 Å². The molecule has 1 rings (SSSR count). The van der Waals surface area contributed by atoms with Crippen LogP contribution in [0.25, 0.3) is 0 Å². The highest BCUT2D eigenvalue weighted by molar-refractivity contribution is 6.60. The molecule has 1 aromatic rings. The van der Waals surface area contributed by atoms with Crippen molar-refractivity contribution in [3.8, 4) is 0 Å². The summed E-state index contributed by atoms with van der Waals surface area (Å²) in [6.45, 7) is 0.714. The van der Waals surface area contributed by atoms with Gasteiger partial charge in [0.25, 0.3) is 5.95 Å². The van der Waals surface area contributed by atoms with Gasteiger partial charge in [-0.15, -0.1) is 5.10 Å². The Morgan fingerprint density at radius 2 is 1.78 bits per heavy atom. The van der Waals surface area contributed by atoms with Crippen LogP contribution in [-0.4, -0.2) is 50.3 Å². The topological polar surface area (TPSA) is 97.3 Å². The summed E-state index contributed by atoms with van der Waals surface area (Å²) in [5, 5.41) is 11.3. The molecule has 104 valence electrons. The molecular formula is C9H21N5O3Si. The summed E-state index contributed by atoms with van der Waals surface area (Å²) < 4.78 is 16.0. The molecule has 0 saturated heterocycles. The van der Waals surface area contributed by atoms with E-state index in [1.54, 1.807) is 21.3 Å². The molecule has 0 aliphatic carbocycles. The van der Waals surface area contributed by atoms with Crippen LogP contribution in [0.1, 0.15) is 19.3 Å². The van der Waals surface area contributed by atoms with Crippen LogP contribution in [0, 0.1) is 0 Å². The second-order valence-electron chi connectivity index (χ2n) is 3.85. The lowest BCUT2D eigenvalue weighted by Crippen LogP contribution is -2.42. The SMILES string of the molecule is CO[Si](CCCCCn1nnc(N)n1)(OC)OC. The van der Waals surface area contributed by atoms with Crippen LogP contribution >= 0.6 is 0 Å². The first-order valence-electron chi connectivity index (χ1n) is 5.84. The third-order valence-electron chi connectivity index (χ3n) is 2.74. The summed E-state index contributed by atoms with van der Waals surface area (Å²) in [4.78, 5) is 1.50. The van der Waals surface area contributed by atoms with Gasteiger partial charge in [0.15, 0.2) is 0 Å². The number of rotatable bonds is 9. The molecule has 0 aliphatic heterocycles. The lowest BCUT2D eigenvalue weighted by molar-refractivity contribution is 0.122. The van der Waals surface area contributed by atoms with Crippen LogP contribution in [0.15, 0.2) is 0 Å². The molecule has 0 radical (unpaired) electrons. The Kier molecular flexibility index (Phi) is 6.19. The third-order valence-corrected chi connectivity index (χ3v) is 5.57. The Hall–Kier alpha value is -1.03. The highest BCUT2D eigenvalue weighted by Crippen LogP contribution is 2.17. The molecule has 9 heteroatoms. The monoisotopic (exact) mass is 275 g/mol. The maximum atomic E-state index is 5.37. The van der Waals surface area contributed by atoms with E-state index in [0.717, 1.165) is 25.3 Å². The number of tetrazole rings is 1. The van der Waals surface area contributed by atoms with Crippen molar-refractivity contribution in [2.24, 2.45) is 0 Å². The van der Waals surface area contributed by atoms with Gasteiger partial charge in [0, 0.05) is 27.4 Å². The molecule has 0 unspecified atom stereocenters. The molecule has 0 fully saturated rings. The summed E-state index contributed by atoms with van der Waals surface area (Å²) in [6.07, 6.45) is 2.95. The van der Waals surface area contributed by atoms with E-state index >= 15 is 0 Å². The smallest absolute Gasteiger partial charge is 0.377 e. The number of anilines is 1. The summed E-state index contributed by atoms with van der Waals surface area (Å²) in [5.41, 5.74) is 5.37. The van der Waals surface area contributed by atoms with Crippen molar-refractivity contribution in [1.82, 2.24) is 20.2 Å². The maximum Gasteiger partial charge on any atom is 0.500 e. The number of aryl methyl sites for hydroxylation is 1. The van der Waals surface area contributed by atoms with Gasteiger partial charge in [-0.2, -0.15) is 4.80 Å². The number of aromatic nitrogens is 4. The van der Waals surface area contributed by atoms with Gasteiger partial charge >= 0.3 is 8.80 Å². The quantitative estimate of drug-likeness (QED) is 0.511.